The van der Waals surface area contributed by atoms with Crippen molar-refractivity contribution in [2.75, 3.05) is 17.2 Å². The zero-order valence-corrected chi connectivity index (χ0v) is 15.4. The van der Waals surface area contributed by atoms with Gasteiger partial charge in [0.1, 0.15) is 11.2 Å². The number of anilines is 2. The first-order chi connectivity index (χ1) is 13.6. The molecule has 3 aromatic rings. The second kappa shape index (κ2) is 7.72. The summed E-state index contributed by atoms with van der Waals surface area (Å²) in [6.07, 6.45) is 5.25. The fraction of sp³-hybridized carbons (Fsp3) is 0.286. The SMILES string of the molecule is O=C(Nc1ccc(NCC2CCCC2)cc1)c1cc2cccc([N+](=O)[O-])c2[nH]1. The standard InChI is InChI=1S/C21H22N4O3/c26-21(18-12-15-6-3-7-19(25(27)28)20(15)24-18)23-17-10-8-16(9-11-17)22-13-14-4-1-2-5-14/h3,6-12,14,22,24H,1-2,4-5,13H2,(H,23,26). The maximum absolute atomic E-state index is 12.5. The number of carbonyl (C=O) groups excluding carboxylic acids is 1. The second-order valence-electron chi connectivity index (χ2n) is 7.24. The van der Waals surface area contributed by atoms with E-state index >= 15 is 0 Å². The topological polar surface area (TPSA) is 100 Å². The van der Waals surface area contributed by atoms with E-state index in [0.29, 0.717) is 16.6 Å². The maximum Gasteiger partial charge on any atom is 0.293 e. The molecule has 0 saturated heterocycles. The zero-order chi connectivity index (χ0) is 19.5. The Kier molecular flexibility index (Phi) is 4.97. The van der Waals surface area contributed by atoms with Crippen LogP contribution in [-0.4, -0.2) is 22.4 Å². The van der Waals surface area contributed by atoms with Gasteiger partial charge in [0.15, 0.2) is 0 Å². The lowest BCUT2D eigenvalue weighted by atomic mass is 10.1. The summed E-state index contributed by atoms with van der Waals surface area (Å²) in [7, 11) is 0. The van der Waals surface area contributed by atoms with Crippen molar-refractivity contribution in [1.29, 1.82) is 0 Å². The van der Waals surface area contributed by atoms with Gasteiger partial charge in [-0.2, -0.15) is 0 Å². The maximum atomic E-state index is 12.5. The number of aromatic amines is 1. The monoisotopic (exact) mass is 378 g/mol. The average molecular weight is 378 g/mol. The molecule has 1 fully saturated rings. The summed E-state index contributed by atoms with van der Waals surface area (Å²) in [5.74, 6) is 0.419. The van der Waals surface area contributed by atoms with Gasteiger partial charge in [-0.3, -0.25) is 14.9 Å². The Morgan fingerprint density at radius 3 is 2.54 bits per heavy atom. The molecule has 1 saturated carbocycles. The zero-order valence-electron chi connectivity index (χ0n) is 15.4. The van der Waals surface area contributed by atoms with Crippen LogP contribution < -0.4 is 10.6 Å². The molecule has 144 valence electrons. The van der Waals surface area contributed by atoms with Crippen molar-refractivity contribution in [2.45, 2.75) is 25.7 Å². The normalized spacial score (nSPS) is 14.3. The Morgan fingerprint density at radius 1 is 1.11 bits per heavy atom. The van der Waals surface area contributed by atoms with E-state index in [1.54, 1.807) is 18.2 Å². The lowest BCUT2D eigenvalue weighted by Gasteiger charge is -2.12. The number of rotatable bonds is 6. The van der Waals surface area contributed by atoms with Crippen LogP contribution in [0.3, 0.4) is 0 Å². The molecule has 4 rings (SSSR count). The second-order valence-corrected chi connectivity index (χ2v) is 7.24. The molecule has 28 heavy (non-hydrogen) atoms. The van der Waals surface area contributed by atoms with Crippen molar-refractivity contribution in [3.05, 3.63) is 64.3 Å². The van der Waals surface area contributed by atoms with Gasteiger partial charge in [0.25, 0.3) is 11.6 Å². The molecule has 7 heteroatoms. The van der Waals surface area contributed by atoms with Crippen molar-refractivity contribution < 1.29 is 9.72 Å². The van der Waals surface area contributed by atoms with E-state index in [9.17, 15) is 14.9 Å². The molecular formula is C21H22N4O3. The summed E-state index contributed by atoms with van der Waals surface area (Å²) in [6, 6.07) is 14.0. The van der Waals surface area contributed by atoms with Crippen LogP contribution in [0.2, 0.25) is 0 Å². The number of carbonyl (C=O) groups is 1. The fourth-order valence-electron chi connectivity index (χ4n) is 3.76. The molecule has 0 bridgehead atoms. The van der Waals surface area contributed by atoms with E-state index < -0.39 is 4.92 Å². The quantitative estimate of drug-likeness (QED) is 0.418. The van der Waals surface area contributed by atoms with Gasteiger partial charge in [-0.15, -0.1) is 0 Å². The highest BCUT2D eigenvalue weighted by molar-refractivity contribution is 6.06. The molecule has 0 atom stereocenters. The minimum Gasteiger partial charge on any atom is -0.385 e. The average Bonchev–Trinajstić information content (AvgIpc) is 3.36. The number of hydrogen-bond acceptors (Lipinski definition) is 4. The Labute approximate surface area is 162 Å². The molecule has 1 aromatic heterocycles. The highest BCUT2D eigenvalue weighted by atomic mass is 16.6. The number of hydrogen-bond donors (Lipinski definition) is 3. The van der Waals surface area contributed by atoms with Gasteiger partial charge in [0.2, 0.25) is 0 Å². The summed E-state index contributed by atoms with van der Waals surface area (Å²) in [4.78, 5) is 26.1. The van der Waals surface area contributed by atoms with Crippen molar-refractivity contribution in [1.82, 2.24) is 4.98 Å². The van der Waals surface area contributed by atoms with Crippen molar-refractivity contribution in [3.63, 3.8) is 0 Å². The number of H-pyrrole nitrogens is 1. The van der Waals surface area contributed by atoms with Crippen LogP contribution in [0.1, 0.15) is 36.2 Å². The smallest absolute Gasteiger partial charge is 0.293 e. The predicted octanol–water partition coefficient (Wildman–Crippen LogP) is 4.93. The summed E-state index contributed by atoms with van der Waals surface area (Å²) >= 11 is 0. The summed E-state index contributed by atoms with van der Waals surface area (Å²) < 4.78 is 0. The number of nitrogens with zero attached hydrogens (tertiary/aromatic N) is 1. The third kappa shape index (κ3) is 3.83. The van der Waals surface area contributed by atoms with Crippen LogP contribution in [0.5, 0.6) is 0 Å². The van der Waals surface area contributed by atoms with Gasteiger partial charge in [0.05, 0.1) is 4.92 Å². The van der Waals surface area contributed by atoms with E-state index in [1.807, 2.05) is 24.3 Å². The molecule has 1 aliphatic carbocycles. The number of aromatic nitrogens is 1. The highest BCUT2D eigenvalue weighted by Crippen LogP contribution is 2.27. The van der Waals surface area contributed by atoms with E-state index in [2.05, 4.69) is 15.6 Å². The first kappa shape index (κ1) is 18.0. The van der Waals surface area contributed by atoms with Gasteiger partial charge >= 0.3 is 0 Å². The fourth-order valence-corrected chi connectivity index (χ4v) is 3.76. The molecule has 3 N–H and O–H groups in total. The third-order valence-corrected chi connectivity index (χ3v) is 5.29. The molecule has 7 nitrogen and oxygen atoms in total. The molecule has 1 heterocycles. The molecule has 2 aromatic carbocycles. The molecule has 0 aliphatic heterocycles. The summed E-state index contributed by atoms with van der Waals surface area (Å²) in [5.41, 5.74) is 2.29. The van der Waals surface area contributed by atoms with Crippen LogP contribution in [0.25, 0.3) is 10.9 Å². The van der Waals surface area contributed by atoms with Gasteiger partial charge < -0.3 is 15.6 Å². The number of amides is 1. The van der Waals surface area contributed by atoms with E-state index in [-0.39, 0.29) is 17.3 Å². The Bertz CT molecular complexity index is 1000. The number of nitro benzene ring substituents is 1. The first-order valence-electron chi connectivity index (χ1n) is 9.51. The van der Waals surface area contributed by atoms with Crippen LogP contribution in [0.15, 0.2) is 48.5 Å². The van der Waals surface area contributed by atoms with Crippen LogP contribution in [0.4, 0.5) is 17.1 Å². The molecule has 0 spiro atoms. The van der Waals surface area contributed by atoms with Gasteiger partial charge in [-0.1, -0.05) is 25.0 Å². The Hall–Kier alpha value is -3.35. The molecular weight excluding hydrogens is 356 g/mol. The third-order valence-electron chi connectivity index (χ3n) is 5.29. The van der Waals surface area contributed by atoms with Crippen LogP contribution >= 0.6 is 0 Å². The van der Waals surface area contributed by atoms with Gasteiger partial charge in [0, 0.05) is 29.4 Å². The van der Waals surface area contributed by atoms with Crippen molar-refractivity contribution in [2.24, 2.45) is 5.92 Å². The lowest BCUT2D eigenvalue weighted by Crippen LogP contribution is -2.13. The number of non-ortho nitro benzene ring substituents is 1. The molecule has 1 amide bonds. The minimum absolute atomic E-state index is 0.0470. The van der Waals surface area contributed by atoms with E-state index in [1.165, 1.54) is 31.7 Å². The van der Waals surface area contributed by atoms with E-state index in [4.69, 9.17) is 0 Å². The number of fused-ring (bicyclic) bond motifs is 1. The molecule has 0 radical (unpaired) electrons. The number of nitrogens with one attached hydrogen (secondary N) is 3. The molecule has 1 aliphatic rings. The molecule has 0 unspecified atom stereocenters. The first-order valence-corrected chi connectivity index (χ1v) is 9.51. The largest absolute Gasteiger partial charge is 0.385 e. The summed E-state index contributed by atoms with van der Waals surface area (Å²) in [5, 5.41) is 18.0. The van der Waals surface area contributed by atoms with Crippen LogP contribution in [-0.2, 0) is 0 Å². The number of benzene rings is 2. The van der Waals surface area contributed by atoms with Crippen molar-refractivity contribution in [3.8, 4) is 0 Å². The number of para-hydroxylation sites is 1. The summed E-state index contributed by atoms with van der Waals surface area (Å²) in [6.45, 7) is 0.986. The lowest BCUT2D eigenvalue weighted by molar-refractivity contribution is -0.383. The van der Waals surface area contributed by atoms with E-state index in [0.717, 1.165) is 18.2 Å². The predicted molar refractivity (Wildman–Crippen MR) is 110 cm³/mol. The van der Waals surface area contributed by atoms with Gasteiger partial charge in [-0.05, 0) is 49.1 Å². The number of nitro groups is 1. The van der Waals surface area contributed by atoms with Gasteiger partial charge in [-0.25, -0.2) is 0 Å². The van der Waals surface area contributed by atoms with Crippen molar-refractivity contribution >= 4 is 33.9 Å². The Balaban J connectivity index is 1.42. The van der Waals surface area contributed by atoms with Crippen LogP contribution in [0, 0.1) is 16.0 Å². The Morgan fingerprint density at radius 2 is 1.82 bits per heavy atom. The minimum atomic E-state index is -0.460. The highest BCUT2D eigenvalue weighted by Gasteiger charge is 2.17.